The zero-order valence-corrected chi connectivity index (χ0v) is 16.4. The normalized spacial score (nSPS) is 11.7. The minimum absolute atomic E-state index is 0.0877. The van der Waals surface area contributed by atoms with Crippen molar-refractivity contribution >= 4 is 31.0 Å². The van der Waals surface area contributed by atoms with Gasteiger partial charge in [0.05, 0.1) is 25.6 Å². The van der Waals surface area contributed by atoms with Gasteiger partial charge in [0.2, 0.25) is 0 Å². The quantitative estimate of drug-likeness (QED) is 0.679. The Balaban J connectivity index is 2.24. The van der Waals surface area contributed by atoms with E-state index < -0.39 is 19.7 Å². The molecule has 0 aliphatic rings. The summed E-state index contributed by atoms with van der Waals surface area (Å²) in [5, 5.41) is 0. The van der Waals surface area contributed by atoms with E-state index >= 15 is 0 Å². The molecule has 142 valence electrons. The predicted molar refractivity (Wildman–Crippen MR) is 99.5 cm³/mol. The smallest absolute Gasteiger partial charge is 0.179 e. The van der Waals surface area contributed by atoms with Crippen molar-refractivity contribution < 1.29 is 26.3 Å². The van der Waals surface area contributed by atoms with Crippen LogP contribution in [0.2, 0.25) is 0 Å². The minimum Gasteiger partial charge on any atom is -0.495 e. The highest BCUT2D eigenvalue weighted by Gasteiger charge is 2.16. The van der Waals surface area contributed by atoms with Crippen molar-refractivity contribution in [2.75, 3.05) is 37.6 Å². The van der Waals surface area contributed by atoms with Gasteiger partial charge in [-0.05, 0) is 24.3 Å². The van der Waals surface area contributed by atoms with Gasteiger partial charge in [-0.3, -0.25) is 0 Å². The van der Waals surface area contributed by atoms with Gasteiger partial charge in [0.1, 0.15) is 21.3 Å². The van der Waals surface area contributed by atoms with Crippen LogP contribution in [0.4, 0.5) is 11.4 Å². The second-order valence-electron chi connectivity index (χ2n) is 5.53. The van der Waals surface area contributed by atoms with Gasteiger partial charge in [-0.1, -0.05) is 0 Å². The molecule has 0 aliphatic carbocycles. The molecule has 8 nitrogen and oxygen atoms in total. The van der Waals surface area contributed by atoms with Crippen LogP contribution in [0.3, 0.4) is 0 Å². The molecule has 0 saturated heterocycles. The van der Waals surface area contributed by atoms with Crippen molar-refractivity contribution in [3.8, 4) is 11.5 Å². The molecule has 0 unspecified atom stereocenters. The monoisotopic (exact) mass is 400 g/mol. The number of sulfone groups is 2. The van der Waals surface area contributed by atoms with Crippen LogP contribution in [-0.2, 0) is 19.7 Å². The van der Waals surface area contributed by atoms with Crippen LogP contribution in [0.5, 0.6) is 11.5 Å². The summed E-state index contributed by atoms with van der Waals surface area (Å²) in [6, 6.07) is 9.09. The molecule has 2 N–H and O–H groups in total. The highest BCUT2D eigenvalue weighted by Crippen LogP contribution is 2.29. The molecule has 0 fully saturated rings. The van der Waals surface area contributed by atoms with E-state index in [1.54, 1.807) is 12.1 Å². The van der Waals surface area contributed by atoms with Crippen LogP contribution in [0.1, 0.15) is 0 Å². The number of hydrogen-bond donors (Lipinski definition) is 2. The number of hydrazine groups is 1. The van der Waals surface area contributed by atoms with Gasteiger partial charge in [0.15, 0.2) is 19.7 Å². The predicted octanol–water partition coefficient (Wildman–Crippen LogP) is 1.95. The van der Waals surface area contributed by atoms with Gasteiger partial charge in [-0.2, -0.15) is 0 Å². The van der Waals surface area contributed by atoms with Gasteiger partial charge < -0.3 is 20.3 Å². The topological polar surface area (TPSA) is 111 Å². The molecule has 0 radical (unpaired) electrons. The Hall–Kier alpha value is -2.46. The number of benzene rings is 2. The number of nitrogens with one attached hydrogen (secondary N) is 2. The summed E-state index contributed by atoms with van der Waals surface area (Å²) < 4.78 is 57.1. The molecule has 0 aromatic heterocycles. The lowest BCUT2D eigenvalue weighted by Crippen LogP contribution is -2.10. The lowest BCUT2D eigenvalue weighted by atomic mass is 10.3. The zero-order chi connectivity index (χ0) is 19.5. The van der Waals surface area contributed by atoms with Crippen LogP contribution in [0.25, 0.3) is 0 Å². The fraction of sp³-hybridized carbons (Fsp3) is 0.250. The van der Waals surface area contributed by atoms with Crippen molar-refractivity contribution in [2.24, 2.45) is 0 Å². The van der Waals surface area contributed by atoms with E-state index in [1.807, 2.05) is 0 Å². The largest absolute Gasteiger partial charge is 0.495 e. The van der Waals surface area contributed by atoms with Gasteiger partial charge in [0, 0.05) is 24.6 Å². The van der Waals surface area contributed by atoms with Crippen molar-refractivity contribution in [2.45, 2.75) is 9.79 Å². The Labute approximate surface area is 152 Å². The lowest BCUT2D eigenvalue weighted by Gasteiger charge is -2.14. The molecule has 2 aromatic carbocycles. The van der Waals surface area contributed by atoms with Gasteiger partial charge in [-0.25, -0.2) is 16.8 Å². The Morgan fingerprint density at radius 3 is 1.31 bits per heavy atom. The third-order valence-corrected chi connectivity index (χ3v) is 5.75. The molecule has 0 saturated carbocycles. The van der Waals surface area contributed by atoms with Crippen LogP contribution >= 0.6 is 0 Å². The van der Waals surface area contributed by atoms with Gasteiger partial charge in [0.25, 0.3) is 0 Å². The Morgan fingerprint density at radius 2 is 1.04 bits per heavy atom. The fourth-order valence-corrected chi connectivity index (χ4v) is 3.89. The molecule has 0 bridgehead atoms. The zero-order valence-electron chi connectivity index (χ0n) is 14.7. The minimum atomic E-state index is -3.40. The maximum Gasteiger partial charge on any atom is 0.179 e. The first kappa shape index (κ1) is 19.9. The number of hydrogen-bond acceptors (Lipinski definition) is 8. The molecule has 0 atom stereocenters. The Kier molecular flexibility index (Phi) is 5.67. The van der Waals surface area contributed by atoms with Crippen LogP contribution in [-0.4, -0.2) is 43.6 Å². The average Bonchev–Trinajstić information content (AvgIpc) is 2.57. The molecular weight excluding hydrogens is 380 g/mol. The standard InChI is InChI=1S/C16H20N2O6S2/c1-23-13-9-11(5-7-15(13)25(3,19)20)17-18-12-6-8-16(26(4,21)22)14(10-12)24-2/h5-10,17-18H,1-4H3. The fourth-order valence-electron chi connectivity index (χ4n) is 2.25. The van der Waals surface area contributed by atoms with Gasteiger partial charge in [-0.15, -0.1) is 0 Å². The lowest BCUT2D eigenvalue weighted by molar-refractivity contribution is 0.403. The number of rotatable bonds is 7. The van der Waals surface area contributed by atoms with Crippen molar-refractivity contribution in [3.63, 3.8) is 0 Å². The first-order chi connectivity index (χ1) is 12.1. The summed E-state index contributed by atoms with van der Waals surface area (Å²) >= 11 is 0. The highest BCUT2D eigenvalue weighted by atomic mass is 32.2. The maximum absolute atomic E-state index is 11.7. The maximum atomic E-state index is 11.7. The van der Waals surface area contributed by atoms with E-state index in [0.29, 0.717) is 11.4 Å². The van der Waals surface area contributed by atoms with Crippen molar-refractivity contribution in [1.29, 1.82) is 0 Å². The van der Waals surface area contributed by atoms with E-state index in [9.17, 15) is 16.8 Å². The second-order valence-corrected chi connectivity index (χ2v) is 9.49. The van der Waals surface area contributed by atoms with E-state index in [-0.39, 0.29) is 21.3 Å². The number of anilines is 2. The molecular formula is C16H20N2O6S2. The summed E-state index contributed by atoms with van der Waals surface area (Å²) in [6.45, 7) is 0. The van der Waals surface area contributed by atoms with Crippen LogP contribution < -0.4 is 20.3 Å². The van der Waals surface area contributed by atoms with Crippen LogP contribution in [0.15, 0.2) is 46.2 Å². The third kappa shape index (κ3) is 4.58. The summed E-state index contributed by atoms with van der Waals surface area (Å²) in [7, 11) is -4.04. The molecule has 0 heterocycles. The van der Waals surface area contributed by atoms with E-state index in [2.05, 4.69) is 10.9 Å². The second kappa shape index (κ2) is 7.42. The summed E-state index contributed by atoms with van der Waals surface area (Å²) in [5.74, 6) is 0.425. The molecule has 26 heavy (non-hydrogen) atoms. The van der Waals surface area contributed by atoms with E-state index in [0.717, 1.165) is 12.5 Å². The first-order valence-corrected chi connectivity index (χ1v) is 11.1. The Bertz CT molecular complexity index is 934. The summed E-state index contributed by atoms with van der Waals surface area (Å²) in [5.41, 5.74) is 6.90. The SMILES string of the molecule is COc1cc(NNc2ccc(S(C)(=O)=O)c(OC)c2)ccc1S(C)(=O)=O. The first-order valence-electron chi connectivity index (χ1n) is 7.34. The molecule has 2 aromatic rings. The molecule has 0 aliphatic heterocycles. The average molecular weight is 400 g/mol. The Morgan fingerprint density at radius 1 is 0.692 bits per heavy atom. The molecule has 0 amide bonds. The molecule has 2 rings (SSSR count). The van der Waals surface area contributed by atoms with Crippen molar-refractivity contribution in [3.05, 3.63) is 36.4 Å². The van der Waals surface area contributed by atoms with Crippen LogP contribution in [0, 0.1) is 0 Å². The number of methoxy groups -OCH3 is 2. The van der Waals surface area contributed by atoms with E-state index in [1.165, 1.54) is 38.5 Å². The highest BCUT2D eigenvalue weighted by molar-refractivity contribution is 7.91. The summed E-state index contributed by atoms with van der Waals surface area (Å²) in [6.07, 6.45) is 2.21. The van der Waals surface area contributed by atoms with Crippen molar-refractivity contribution in [1.82, 2.24) is 0 Å². The number of ether oxygens (including phenoxy) is 2. The summed E-state index contributed by atoms with van der Waals surface area (Å²) in [4.78, 5) is 0.175. The molecule has 0 spiro atoms. The van der Waals surface area contributed by atoms with E-state index in [4.69, 9.17) is 9.47 Å². The molecule has 10 heteroatoms. The van der Waals surface area contributed by atoms with Gasteiger partial charge >= 0.3 is 0 Å². The third-order valence-electron chi connectivity index (χ3n) is 3.48.